The van der Waals surface area contributed by atoms with Gasteiger partial charge in [-0.2, -0.15) is 5.26 Å². The molecular weight excluding hydrogens is 360 g/mol. The van der Waals surface area contributed by atoms with E-state index in [-0.39, 0.29) is 5.41 Å². The van der Waals surface area contributed by atoms with Crippen LogP contribution in [-0.4, -0.2) is 42.0 Å². The Kier molecular flexibility index (Phi) is 4.35. The van der Waals surface area contributed by atoms with E-state index in [0.717, 1.165) is 57.7 Å². The molecule has 3 aliphatic rings. The number of likely N-dealkylation sites (tertiary alicyclic amines) is 1. The Morgan fingerprint density at radius 2 is 1.90 bits per heavy atom. The Balaban J connectivity index is 1.26. The lowest BCUT2D eigenvalue weighted by Crippen LogP contribution is -2.45. The summed E-state index contributed by atoms with van der Waals surface area (Å²) in [5, 5.41) is 9.12. The molecule has 146 valence electrons. The molecule has 5 heteroatoms. The number of piperidine rings is 1. The van der Waals surface area contributed by atoms with Gasteiger partial charge in [-0.25, -0.2) is 4.98 Å². The lowest BCUT2D eigenvalue weighted by Gasteiger charge is -2.38. The van der Waals surface area contributed by atoms with Gasteiger partial charge in [0.05, 0.1) is 17.0 Å². The van der Waals surface area contributed by atoms with Gasteiger partial charge in [0, 0.05) is 32.4 Å². The fraction of sp³-hybridized carbons (Fsp3) is 0.375. The van der Waals surface area contributed by atoms with Crippen LogP contribution in [0.5, 0.6) is 0 Å². The molecule has 2 fully saturated rings. The second kappa shape index (κ2) is 7.04. The number of fused-ring (bicyclic) bond motifs is 1. The third kappa shape index (κ3) is 3.09. The maximum absolute atomic E-state index is 13.3. The number of amides is 1. The standard InChI is InChI=1S/C24H24N4O/c25-16-18-7-11-26-22(15-18)27-12-8-24(9-13-27)10-14-28(23(24)29)17-20-6-5-19-3-1-2-4-21(19)20/h1-4,6-7,11,15H,5,8-10,12-14,17H2. The highest BCUT2D eigenvalue weighted by Crippen LogP contribution is 2.43. The first kappa shape index (κ1) is 17.9. The topological polar surface area (TPSA) is 60.2 Å². The summed E-state index contributed by atoms with van der Waals surface area (Å²) < 4.78 is 0. The van der Waals surface area contributed by atoms with Gasteiger partial charge in [0.15, 0.2) is 0 Å². The molecule has 2 aliphatic heterocycles. The van der Waals surface area contributed by atoms with Gasteiger partial charge in [-0.15, -0.1) is 0 Å². The number of nitrogens with zero attached hydrogens (tertiary/aromatic N) is 4. The number of hydrogen-bond donors (Lipinski definition) is 0. The smallest absolute Gasteiger partial charge is 0.229 e. The zero-order valence-corrected chi connectivity index (χ0v) is 16.5. The molecular formula is C24H24N4O. The van der Waals surface area contributed by atoms with Crippen LogP contribution in [0.1, 0.15) is 36.0 Å². The molecule has 1 amide bonds. The molecule has 1 aliphatic carbocycles. The van der Waals surface area contributed by atoms with Crippen molar-refractivity contribution in [1.82, 2.24) is 9.88 Å². The van der Waals surface area contributed by atoms with Gasteiger partial charge < -0.3 is 9.80 Å². The van der Waals surface area contributed by atoms with E-state index in [2.05, 4.69) is 51.2 Å². The highest BCUT2D eigenvalue weighted by Gasteiger charge is 2.48. The number of rotatable bonds is 3. The van der Waals surface area contributed by atoms with Crippen molar-refractivity contribution in [2.45, 2.75) is 25.7 Å². The molecule has 0 unspecified atom stereocenters. The number of benzene rings is 1. The van der Waals surface area contributed by atoms with E-state index in [4.69, 9.17) is 5.26 Å². The fourth-order valence-electron chi connectivity index (χ4n) is 5.04. The molecule has 3 heterocycles. The van der Waals surface area contributed by atoms with Gasteiger partial charge >= 0.3 is 0 Å². The average Bonchev–Trinajstić information content (AvgIpc) is 3.31. The van der Waals surface area contributed by atoms with Crippen LogP contribution < -0.4 is 4.90 Å². The molecule has 2 aromatic rings. The predicted molar refractivity (Wildman–Crippen MR) is 112 cm³/mol. The number of nitriles is 1. The summed E-state index contributed by atoms with van der Waals surface area (Å²) in [6.45, 7) is 3.20. The molecule has 5 rings (SSSR count). The van der Waals surface area contributed by atoms with Crippen LogP contribution in [0.15, 0.2) is 48.7 Å². The van der Waals surface area contributed by atoms with Crippen molar-refractivity contribution in [1.29, 1.82) is 5.26 Å². The minimum Gasteiger partial charge on any atom is -0.357 e. The van der Waals surface area contributed by atoms with Crippen molar-refractivity contribution in [3.05, 3.63) is 65.4 Å². The number of pyridine rings is 1. The van der Waals surface area contributed by atoms with Crippen LogP contribution in [-0.2, 0) is 11.2 Å². The molecule has 1 spiro atoms. The van der Waals surface area contributed by atoms with E-state index in [1.54, 1.807) is 12.3 Å². The molecule has 0 bridgehead atoms. The van der Waals surface area contributed by atoms with Gasteiger partial charge in [-0.3, -0.25) is 4.79 Å². The minimum absolute atomic E-state index is 0.220. The molecule has 1 aromatic carbocycles. The first-order valence-corrected chi connectivity index (χ1v) is 10.4. The van der Waals surface area contributed by atoms with Crippen molar-refractivity contribution >= 4 is 17.3 Å². The van der Waals surface area contributed by atoms with Crippen LogP contribution in [0.25, 0.3) is 5.57 Å². The molecule has 29 heavy (non-hydrogen) atoms. The highest BCUT2D eigenvalue weighted by atomic mass is 16.2. The summed E-state index contributed by atoms with van der Waals surface area (Å²) >= 11 is 0. The molecule has 0 saturated carbocycles. The second-order valence-electron chi connectivity index (χ2n) is 8.35. The minimum atomic E-state index is -0.220. The third-order valence-electron chi connectivity index (χ3n) is 6.81. The lowest BCUT2D eigenvalue weighted by molar-refractivity contribution is -0.136. The SMILES string of the molecule is N#Cc1ccnc(N2CCC3(CCN(CC4=CCc5ccccc54)C3=O)CC2)c1. The number of carbonyl (C=O) groups excluding carboxylic acids is 1. The number of hydrogen-bond acceptors (Lipinski definition) is 4. The van der Waals surface area contributed by atoms with Gasteiger partial charge in [0.25, 0.3) is 0 Å². The Bertz CT molecular complexity index is 1030. The summed E-state index contributed by atoms with van der Waals surface area (Å²) in [4.78, 5) is 22.0. The van der Waals surface area contributed by atoms with E-state index < -0.39 is 0 Å². The van der Waals surface area contributed by atoms with Crippen LogP contribution in [0, 0.1) is 16.7 Å². The van der Waals surface area contributed by atoms with E-state index >= 15 is 0 Å². The molecule has 1 aromatic heterocycles. The number of allylic oxidation sites excluding steroid dienone is 1. The quantitative estimate of drug-likeness (QED) is 0.814. The summed E-state index contributed by atoms with van der Waals surface area (Å²) in [5.41, 5.74) is 4.37. The predicted octanol–water partition coefficient (Wildman–Crippen LogP) is 3.41. The number of aromatic nitrogens is 1. The maximum Gasteiger partial charge on any atom is 0.229 e. The summed E-state index contributed by atoms with van der Waals surface area (Å²) in [5.74, 6) is 1.16. The zero-order chi connectivity index (χ0) is 19.8. The first-order valence-electron chi connectivity index (χ1n) is 10.4. The van der Waals surface area contributed by atoms with Gasteiger partial charge in [0.2, 0.25) is 5.91 Å². The van der Waals surface area contributed by atoms with Crippen molar-refractivity contribution in [3.63, 3.8) is 0 Å². The molecule has 0 atom stereocenters. The lowest BCUT2D eigenvalue weighted by atomic mass is 9.77. The Labute approximate surface area is 171 Å². The van der Waals surface area contributed by atoms with Crippen LogP contribution in [0.4, 0.5) is 5.82 Å². The van der Waals surface area contributed by atoms with Crippen molar-refractivity contribution in [2.75, 3.05) is 31.1 Å². The van der Waals surface area contributed by atoms with Gasteiger partial charge in [-0.05, 0) is 54.5 Å². The van der Waals surface area contributed by atoms with Crippen LogP contribution in [0.3, 0.4) is 0 Å². The average molecular weight is 384 g/mol. The van der Waals surface area contributed by atoms with Crippen molar-refractivity contribution in [2.24, 2.45) is 5.41 Å². The van der Waals surface area contributed by atoms with Crippen molar-refractivity contribution in [3.8, 4) is 6.07 Å². The van der Waals surface area contributed by atoms with E-state index in [1.165, 1.54) is 16.7 Å². The van der Waals surface area contributed by atoms with Gasteiger partial charge in [-0.1, -0.05) is 30.3 Å². The highest BCUT2D eigenvalue weighted by molar-refractivity contribution is 5.87. The summed E-state index contributed by atoms with van der Waals surface area (Å²) in [7, 11) is 0. The normalized spacial score (nSPS) is 20.0. The molecule has 2 saturated heterocycles. The van der Waals surface area contributed by atoms with Crippen molar-refractivity contribution < 1.29 is 4.79 Å². The number of anilines is 1. The molecule has 0 N–H and O–H groups in total. The zero-order valence-electron chi connectivity index (χ0n) is 16.5. The Morgan fingerprint density at radius 3 is 2.72 bits per heavy atom. The maximum atomic E-state index is 13.3. The third-order valence-corrected chi connectivity index (χ3v) is 6.81. The molecule has 5 nitrogen and oxygen atoms in total. The van der Waals surface area contributed by atoms with E-state index in [9.17, 15) is 4.79 Å². The Morgan fingerprint density at radius 1 is 1.10 bits per heavy atom. The molecule has 0 radical (unpaired) electrons. The van der Waals surface area contributed by atoms with Crippen LogP contribution in [0.2, 0.25) is 0 Å². The fourth-order valence-corrected chi connectivity index (χ4v) is 5.04. The largest absolute Gasteiger partial charge is 0.357 e. The Hall–Kier alpha value is -3.13. The summed E-state index contributed by atoms with van der Waals surface area (Å²) in [6.07, 6.45) is 7.60. The number of carbonyl (C=O) groups is 1. The monoisotopic (exact) mass is 384 g/mol. The van der Waals surface area contributed by atoms with E-state index in [0.29, 0.717) is 11.5 Å². The van der Waals surface area contributed by atoms with Crippen LogP contribution >= 0.6 is 0 Å². The van der Waals surface area contributed by atoms with E-state index in [1.807, 2.05) is 6.07 Å². The van der Waals surface area contributed by atoms with Gasteiger partial charge in [0.1, 0.15) is 5.82 Å². The first-order chi connectivity index (χ1) is 14.2. The second-order valence-corrected chi connectivity index (χ2v) is 8.35. The summed E-state index contributed by atoms with van der Waals surface area (Å²) in [6, 6.07) is 14.3.